The molecular weight excluding hydrogens is 357 g/mol. The average Bonchev–Trinajstić information content (AvgIpc) is 2.71. The number of carbonyl (C=O) groups excluding carboxylic acids is 1. The predicted octanol–water partition coefficient (Wildman–Crippen LogP) is 2.58. The van der Waals surface area contributed by atoms with Gasteiger partial charge in [-0.2, -0.15) is 0 Å². The first-order valence-corrected chi connectivity index (χ1v) is 9.78. The minimum atomic E-state index is -0.846. The summed E-state index contributed by atoms with van der Waals surface area (Å²) in [6.07, 6.45) is 0.135. The number of rotatable bonds is 7. The molecule has 0 aromatic heterocycles. The Hall–Kier alpha value is -2.44. The molecule has 1 saturated heterocycles. The number of hydrogen-bond acceptors (Lipinski definition) is 5. The van der Waals surface area contributed by atoms with Gasteiger partial charge >= 0.3 is 5.97 Å². The van der Waals surface area contributed by atoms with E-state index in [1.54, 1.807) is 19.1 Å². The van der Waals surface area contributed by atoms with Crippen LogP contribution in [-0.2, 0) is 22.5 Å². The SMILES string of the molecule is CCOC(=O)C(N)Cc1ccc(N2CCN(Cc3ccccc3)CC2)cc1F. The Morgan fingerprint density at radius 3 is 2.50 bits per heavy atom. The van der Waals surface area contributed by atoms with Gasteiger partial charge < -0.3 is 15.4 Å². The van der Waals surface area contributed by atoms with Crippen LogP contribution in [0.25, 0.3) is 0 Å². The monoisotopic (exact) mass is 385 g/mol. The van der Waals surface area contributed by atoms with Gasteiger partial charge in [-0.25, -0.2) is 4.39 Å². The molecule has 0 radical (unpaired) electrons. The summed E-state index contributed by atoms with van der Waals surface area (Å²) in [5.41, 5.74) is 8.42. The van der Waals surface area contributed by atoms with Crippen LogP contribution in [0.1, 0.15) is 18.1 Å². The second-order valence-corrected chi connectivity index (χ2v) is 7.09. The molecule has 150 valence electrons. The summed E-state index contributed by atoms with van der Waals surface area (Å²) in [4.78, 5) is 16.3. The molecule has 2 aromatic carbocycles. The lowest BCUT2D eigenvalue weighted by Gasteiger charge is -2.36. The third-order valence-corrected chi connectivity index (χ3v) is 5.05. The molecule has 1 heterocycles. The number of halogens is 1. The fourth-order valence-corrected chi connectivity index (χ4v) is 3.47. The van der Waals surface area contributed by atoms with E-state index in [-0.39, 0.29) is 18.8 Å². The van der Waals surface area contributed by atoms with Crippen molar-refractivity contribution < 1.29 is 13.9 Å². The van der Waals surface area contributed by atoms with Crippen molar-refractivity contribution in [1.82, 2.24) is 4.90 Å². The molecule has 28 heavy (non-hydrogen) atoms. The third kappa shape index (κ3) is 5.30. The maximum absolute atomic E-state index is 14.5. The van der Waals surface area contributed by atoms with Gasteiger partial charge in [-0.1, -0.05) is 36.4 Å². The Morgan fingerprint density at radius 2 is 1.86 bits per heavy atom. The van der Waals surface area contributed by atoms with Gasteiger partial charge in [0.05, 0.1) is 6.61 Å². The number of nitrogens with two attached hydrogens (primary N) is 1. The van der Waals surface area contributed by atoms with Gasteiger partial charge in [0.2, 0.25) is 0 Å². The van der Waals surface area contributed by atoms with Crippen LogP contribution in [0.2, 0.25) is 0 Å². The molecule has 0 bridgehead atoms. The second kappa shape index (κ2) is 9.66. The molecular formula is C22H28FN3O2. The molecule has 6 heteroatoms. The van der Waals surface area contributed by atoms with E-state index in [9.17, 15) is 9.18 Å². The fourth-order valence-electron chi connectivity index (χ4n) is 3.47. The largest absolute Gasteiger partial charge is 0.465 e. The smallest absolute Gasteiger partial charge is 0.323 e. The van der Waals surface area contributed by atoms with Gasteiger partial charge in [0, 0.05) is 44.8 Å². The predicted molar refractivity (Wildman–Crippen MR) is 109 cm³/mol. The molecule has 1 atom stereocenters. The van der Waals surface area contributed by atoms with Crippen LogP contribution in [0.15, 0.2) is 48.5 Å². The van der Waals surface area contributed by atoms with Gasteiger partial charge in [0.1, 0.15) is 11.9 Å². The summed E-state index contributed by atoms with van der Waals surface area (Å²) in [5, 5.41) is 0. The molecule has 0 aliphatic carbocycles. The summed E-state index contributed by atoms with van der Waals surface area (Å²) >= 11 is 0. The Bertz CT molecular complexity index is 777. The standard InChI is InChI=1S/C22H28FN3O2/c1-2-28-22(27)21(24)14-18-8-9-19(15-20(18)23)26-12-10-25(11-13-26)16-17-6-4-3-5-7-17/h3-9,15,21H,2,10-14,16,24H2,1H3. The highest BCUT2D eigenvalue weighted by Crippen LogP contribution is 2.21. The lowest BCUT2D eigenvalue weighted by atomic mass is 10.0. The van der Waals surface area contributed by atoms with Gasteiger partial charge in [0.15, 0.2) is 0 Å². The van der Waals surface area contributed by atoms with Crippen LogP contribution in [0.4, 0.5) is 10.1 Å². The van der Waals surface area contributed by atoms with Crippen molar-refractivity contribution in [2.24, 2.45) is 5.73 Å². The second-order valence-electron chi connectivity index (χ2n) is 7.09. The van der Waals surface area contributed by atoms with Gasteiger partial charge in [-0.15, -0.1) is 0 Å². The van der Waals surface area contributed by atoms with Crippen LogP contribution in [0.5, 0.6) is 0 Å². The van der Waals surface area contributed by atoms with E-state index in [1.165, 1.54) is 5.56 Å². The van der Waals surface area contributed by atoms with E-state index in [0.29, 0.717) is 5.56 Å². The van der Waals surface area contributed by atoms with E-state index >= 15 is 0 Å². The van der Waals surface area contributed by atoms with Crippen molar-refractivity contribution in [2.75, 3.05) is 37.7 Å². The third-order valence-electron chi connectivity index (χ3n) is 5.05. The highest BCUT2D eigenvalue weighted by Gasteiger charge is 2.20. The number of piperazine rings is 1. The number of esters is 1. The molecule has 2 N–H and O–H groups in total. The van der Waals surface area contributed by atoms with Crippen molar-refractivity contribution in [3.8, 4) is 0 Å². The zero-order valence-corrected chi connectivity index (χ0v) is 16.3. The maximum atomic E-state index is 14.5. The van der Waals surface area contributed by atoms with Crippen LogP contribution in [0, 0.1) is 5.82 Å². The first-order chi connectivity index (χ1) is 13.6. The first kappa shape index (κ1) is 20.3. The molecule has 1 aliphatic heterocycles. The molecule has 3 rings (SSSR count). The lowest BCUT2D eigenvalue weighted by Crippen LogP contribution is -2.46. The summed E-state index contributed by atoms with van der Waals surface area (Å²) in [6.45, 7) is 6.51. The maximum Gasteiger partial charge on any atom is 0.323 e. The van der Waals surface area contributed by atoms with Crippen molar-refractivity contribution >= 4 is 11.7 Å². The molecule has 1 fully saturated rings. The highest BCUT2D eigenvalue weighted by molar-refractivity contribution is 5.75. The number of benzene rings is 2. The van der Waals surface area contributed by atoms with E-state index in [2.05, 4.69) is 34.1 Å². The van der Waals surface area contributed by atoms with E-state index in [0.717, 1.165) is 38.4 Å². The Morgan fingerprint density at radius 1 is 1.14 bits per heavy atom. The molecule has 2 aromatic rings. The fraction of sp³-hybridized carbons (Fsp3) is 0.409. The molecule has 1 unspecified atom stereocenters. The van der Waals surface area contributed by atoms with Crippen molar-refractivity contribution in [3.63, 3.8) is 0 Å². The number of ether oxygens (including phenoxy) is 1. The summed E-state index contributed by atoms with van der Waals surface area (Å²) < 4.78 is 19.4. The molecule has 5 nitrogen and oxygen atoms in total. The van der Waals surface area contributed by atoms with Crippen molar-refractivity contribution in [3.05, 3.63) is 65.5 Å². The minimum Gasteiger partial charge on any atom is -0.465 e. The Kier molecular flexibility index (Phi) is 7.01. The first-order valence-electron chi connectivity index (χ1n) is 9.78. The van der Waals surface area contributed by atoms with Gasteiger partial charge in [0.25, 0.3) is 0 Å². The summed E-state index contributed by atoms with van der Waals surface area (Å²) in [5.74, 6) is -0.829. The minimum absolute atomic E-state index is 0.135. The van der Waals surface area contributed by atoms with Crippen LogP contribution < -0.4 is 10.6 Å². The van der Waals surface area contributed by atoms with Crippen LogP contribution >= 0.6 is 0 Å². The molecule has 0 spiro atoms. The van der Waals surface area contributed by atoms with Crippen molar-refractivity contribution in [2.45, 2.75) is 25.9 Å². The van der Waals surface area contributed by atoms with E-state index in [1.807, 2.05) is 12.1 Å². The number of hydrogen-bond donors (Lipinski definition) is 1. The number of nitrogens with zero attached hydrogens (tertiary/aromatic N) is 2. The zero-order valence-electron chi connectivity index (χ0n) is 16.3. The molecule has 0 amide bonds. The van der Waals surface area contributed by atoms with E-state index < -0.39 is 12.0 Å². The van der Waals surface area contributed by atoms with Gasteiger partial charge in [-0.05, 0) is 30.2 Å². The molecule has 1 aliphatic rings. The van der Waals surface area contributed by atoms with Crippen molar-refractivity contribution in [1.29, 1.82) is 0 Å². The topological polar surface area (TPSA) is 58.8 Å². The highest BCUT2D eigenvalue weighted by atomic mass is 19.1. The number of carbonyl (C=O) groups is 1. The van der Waals surface area contributed by atoms with Crippen LogP contribution in [0.3, 0.4) is 0 Å². The van der Waals surface area contributed by atoms with Crippen LogP contribution in [-0.4, -0.2) is 49.7 Å². The zero-order chi connectivity index (χ0) is 19.9. The summed E-state index contributed by atoms with van der Waals surface area (Å²) in [7, 11) is 0. The Balaban J connectivity index is 1.55. The Labute approximate surface area is 165 Å². The lowest BCUT2D eigenvalue weighted by molar-refractivity contribution is -0.144. The average molecular weight is 385 g/mol. The van der Waals surface area contributed by atoms with E-state index in [4.69, 9.17) is 10.5 Å². The quantitative estimate of drug-likeness (QED) is 0.743. The van der Waals surface area contributed by atoms with Gasteiger partial charge in [-0.3, -0.25) is 9.69 Å². The molecule has 0 saturated carbocycles. The normalized spacial score (nSPS) is 16.0. The number of anilines is 1. The summed E-state index contributed by atoms with van der Waals surface area (Å²) in [6, 6.07) is 14.8.